The number of nitrogens with zero attached hydrogens (tertiary/aromatic N) is 3. The van der Waals surface area contributed by atoms with E-state index in [9.17, 15) is 8.78 Å². The number of nitriles is 1. The molecular formula is C16H11F2N3. The average molecular weight is 283 g/mol. The summed E-state index contributed by atoms with van der Waals surface area (Å²) >= 11 is 0. The number of fused-ring (bicyclic) bond motifs is 1. The van der Waals surface area contributed by atoms with Gasteiger partial charge in [0.25, 0.3) is 0 Å². The van der Waals surface area contributed by atoms with Crippen LogP contribution in [0.4, 0.5) is 8.78 Å². The van der Waals surface area contributed by atoms with E-state index >= 15 is 0 Å². The van der Waals surface area contributed by atoms with Crippen molar-refractivity contribution in [2.24, 2.45) is 7.05 Å². The highest BCUT2D eigenvalue weighted by molar-refractivity contribution is 5.82. The third-order valence-electron chi connectivity index (χ3n) is 3.47. The van der Waals surface area contributed by atoms with Crippen LogP contribution >= 0.6 is 0 Å². The summed E-state index contributed by atoms with van der Waals surface area (Å²) in [6.07, 6.45) is 0.368. The number of aromatic nitrogens is 2. The van der Waals surface area contributed by atoms with Crippen LogP contribution in [0.2, 0.25) is 0 Å². The van der Waals surface area contributed by atoms with Crippen molar-refractivity contribution < 1.29 is 8.78 Å². The van der Waals surface area contributed by atoms with Crippen LogP contribution in [0.25, 0.3) is 11.0 Å². The van der Waals surface area contributed by atoms with Gasteiger partial charge in [-0.15, -0.1) is 0 Å². The zero-order chi connectivity index (χ0) is 15.0. The van der Waals surface area contributed by atoms with E-state index in [-0.39, 0.29) is 0 Å². The third kappa shape index (κ3) is 2.25. The van der Waals surface area contributed by atoms with E-state index in [1.54, 1.807) is 12.1 Å². The minimum Gasteiger partial charge on any atom is -0.331 e. The number of para-hydroxylation sites is 1. The van der Waals surface area contributed by atoms with Gasteiger partial charge in [0, 0.05) is 13.5 Å². The van der Waals surface area contributed by atoms with Crippen LogP contribution in [0.15, 0.2) is 36.4 Å². The summed E-state index contributed by atoms with van der Waals surface area (Å²) < 4.78 is 28.1. The van der Waals surface area contributed by atoms with Crippen molar-refractivity contribution in [2.75, 3.05) is 0 Å². The summed E-state index contributed by atoms with van der Waals surface area (Å²) in [5.74, 6) is -1.04. The number of aryl methyl sites for hydroxylation is 1. The topological polar surface area (TPSA) is 41.6 Å². The molecular weight excluding hydrogens is 272 g/mol. The first-order chi connectivity index (χ1) is 10.1. The van der Waals surface area contributed by atoms with E-state index in [1.807, 2.05) is 17.7 Å². The second kappa shape index (κ2) is 4.98. The van der Waals surface area contributed by atoms with Crippen molar-refractivity contribution in [2.45, 2.75) is 6.42 Å². The van der Waals surface area contributed by atoms with Crippen LogP contribution in [0.5, 0.6) is 0 Å². The van der Waals surface area contributed by atoms with Crippen LogP contribution in [-0.2, 0) is 13.5 Å². The highest BCUT2D eigenvalue weighted by Gasteiger charge is 2.12. The fraction of sp³-hybridized carbons (Fsp3) is 0.125. The maximum atomic E-state index is 13.3. The van der Waals surface area contributed by atoms with Gasteiger partial charge in [0.05, 0.1) is 11.1 Å². The molecule has 0 aliphatic heterocycles. The number of hydrogen-bond donors (Lipinski definition) is 0. The minimum absolute atomic E-state index is 0.368. The predicted molar refractivity (Wildman–Crippen MR) is 74.6 cm³/mol. The Hall–Kier alpha value is -2.74. The molecule has 0 N–H and O–H groups in total. The molecule has 0 fully saturated rings. The average Bonchev–Trinajstić information content (AvgIpc) is 2.80. The largest absolute Gasteiger partial charge is 0.331 e. The standard InChI is InChI=1S/C16H11F2N3/c1-21-14-4-2-3-11(9-19)16(14)20-15(21)8-10-5-6-12(17)13(18)7-10/h2-7H,8H2,1H3. The quantitative estimate of drug-likeness (QED) is 0.724. The number of halogens is 2. The van der Waals surface area contributed by atoms with Crippen molar-refractivity contribution in [3.63, 3.8) is 0 Å². The SMILES string of the molecule is Cn1c(Cc2ccc(F)c(F)c2)nc2c(C#N)cccc21. The molecule has 21 heavy (non-hydrogen) atoms. The van der Waals surface area contributed by atoms with E-state index in [4.69, 9.17) is 5.26 Å². The first-order valence-corrected chi connectivity index (χ1v) is 6.38. The van der Waals surface area contributed by atoms with Crippen molar-refractivity contribution in [3.05, 3.63) is 65.0 Å². The lowest BCUT2D eigenvalue weighted by molar-refractivity contribution is 0.507. The normalized spacial score (nSPS) is 10.8. The lowest BCUT2D eigenvalue weighted by atomic mass is 10.1. The summed E-state index contributed by atoms with van der Waals surface area (Å²) in [4.78, 5) is 4.45. The monoisotopic (exact) mass is 283 g/mol. The number of benzene rings is 2. The first kappa shape index (κ1) is 13.3. The highest BCUT2D eigenvalue weighted by Crippen LogP contribution is 2.21. The molecule has 1 aromatic heterocycles. The van der Waals surface area contributed by atoms with Crippen molar-refractivity contribution in [1.82, 2.24) is 9.55 Å². The van der Waals surface area contributed by atoms with Gasteiger partial charge in [-0.25, -0.2) is 13.8 Å². The maximum absolute atomic E-state index is 13.3. The molecule has 0 spiro atoms. The first-order valence-electron chi connectivity index (χ1n) is 6.38. The van der Waals surface area contributed by atoms with E-state index < -0.39 is 11.6 Å². The molecule has 0 unspecified atom stereocenters. The van der Waals surface area contributed by atoms with E-state index in [2.05, 4.69) is 11.1 Å². The molecule has 1 heterocycles. The molecule has 0 atom stereocenters. The summed E-state index contributed by atoms with van der Waals surface area (Å²) in [6, 6.07) is 11.3. The molecule has 3 aromatic rings. The van der Waals surface area contributed by atoms with Gasteiger partial charge in [0.2, 0.25) is 0 Å². The predicted octanol–water partition coefficient (Wildman–Crippen LogP) is 3.31. The van der Waals surface area contributed by atoms with Crippen LogP contribution in [0.1, 0.15) is 17.0 Å². The summed E-state index contributed by atoms with van der Waals surface area (Å²) in [7, 11) is 1.84. The Labute approximate surface area is 120 Å². The van der Waals surface area contributed by atoms with Gasteiger partial charge in [-0.2, -0.15) is 5.26 Å². The Kier molecular flexibility index (Phi) is 3.15. The van der Waals surface area contributed by atoms with E-state index in [0.29, 0.717) is 28.9 Å². The molecule has 0 bridgehead atoms. The molecule has 0 aliphatic carbocycles. The Morgan fingerprint density at radius 2 is 2.00 bits per heavy atom. The van der Waals surface area contributed by atoms with Gasteiger partial charge < -0.3 is 4.57 Å². The van der Waals surface area contributed by atoms with E-state index in [1.165, 1.54) is 12.1 Å². The van der Waals surface area contributed by atoms with Crippen molar-refractivity contribution in [3.8, 4) is 6.07 Å². The minimum atomic E-state index is -0.871. The maximum Gasteiger partial charge on any atom is 0.159 e. The second-order valence-electron chi connectivity index (χ2n) is 4.80. The molecule has 5 heteroatoms. The van der Waals surface area contributed by atoms with Gasteiger partial charge in [-0.3, -0.25) is 0 Å². The third-order valence-corrected chi connectivity index (χ3v) is 3.47. The van der Waals surface area contributed by atoms with Gasteiger partial charge >= 0.3 is 0 Å². The fourth-order valence-electron chi connectivity index (χ4n) is 2.34. The highest BCUT2D eigenvalue weighted by atomic mass is 19.2. The molecule has 3 nitrogen and oxygen atoms in total. The smallest absolute Gasteiger partial charge is 0.159 e. The zero-order valence-electron chi connectivity index (χ0n) is 11.3. The summed E-state index contributed by atoms with van der Waals surface area (Å²) in [5.41, 5.74) is 2.59. The molecule has 3 rings (SSSR count). The lowest BCUT2D eigenvalue weighted by Crippen LogP contribution is -2.00. The van der Waals surface area contributed by atoms with E-state index in [0.717, 1.165) is 11.6 Å². The van der Waals surface area contributed by atoms with Gasteiger partial charge in [0.1, 0.15) is 17.4 Å². The zero-order valence-corrected chi connectivity index (χ0v) is 11.3. The summed E-state index contributed by atoms with van der Waals surface area (Å²) in [6.45, 7) is 0. The van der Waals surface area contributed by atoms with Crippen molar-refractivity contribution in [1.29, 1.82) is 5.26 Å². The molecule has 0 saturated carbocycles. The molecule has 0 saturated heterocycles. The van der Waals surface area contributed by atoms with Crippen LogP contribution in [0.3, 0.4) is 0 Å². The second-order valence-corrected chi connectivity index (χ2v) is 4.80. The van der Waals surface area contributed by atoms with Gasteiger partial charge in [-0.1, -0.05) is 12.1 Å². The Bertz CT molecular complexity index is 875. The van der Waals surface area contributed by atoms with Crippen LogP contribution in [-0.4, -0.2) is 9.55 Å². The van der Waals surface area contributed by atoms with Crippen molar-refractivity contribution >= 4 is 11.0 Å². The van der Waals surface area contributed by atoms with Gasteiger partial charge in [0.15, 0.2) is 11.6 Å². The fourth-order valence-corrected chi connectivity index (χ4v) is 2.34. The van der Waals surface area contributed by atoms with Crippen LogP contribution in [0, 0.1) is 23.0 Å². The number of rotatable bonds is 2. The molecule has 0 aliphatic rings. The molecule has 0 radical (unpaired) electrons. The summed E-state index contributed by atoms with van der Waals surface area (Å²) in [5, 5.41) is 9.10. The van der Waals surface area contributed by atoms with Gasteiger partial charge in [-0.05, 0) is 29.8 Å². The molecule has 0 amide bonds. The Balaban J connectivity index is 2.07. The lowest BCUT2D eigenvalue weighted by Gasteiger charge is -2.03. The molecule has 2 aromatic carbocycles. The Morgan fingerprint density at radius 3 is 2.71 bits per heavy atom. The Morgan fingerprint density at radius 1 is 1.19 bits per heavy atom. The van der Waals surface area contributed by atoms with Crippen LogP contribution < -0.4 is 0 Å². The number of hydrogen-bond acceptors (Lipinski definition) is 2. The molecule has 104 valence electrons. The number of imidazole rings is 1.